The number of rotatable bonds is 3. The van der Waals surface area contributed by atoms with Gasteiger partial charge in [-0.1, -0.05) is 31.0 Å². The lowest BCUT2D eigenvalue weighted by atomic mass is 9.81. The molecule has 2 aliphatic rings. The van der Waals surface area contributed by atoms with Gasteiger partial charge in [0, 0.05) is 24.6 Å². The van der Waals surface area contributed by atoms with Gasteiger partial charge in [0.1, 0.15) is 0 Å². The van der Waals surface area contributed by atoms with Crippen molar-refractivity contribution in [1.29, 1.82) is 0 Å². The molecule has 1 fully saturated rings. The molecule has 0 atom stereocenters. The molecule has 26 heavy (non-hydrogen) atoms. The lowest BCUT2D eigenvalue weighted by Crippen LogP contribution is -2.35. The van der Waals surface area contributed by atoms with E-state index in [0.717, 1.165) is 36.9 Å². The van der Waals surface area contributed by atoms with E-state index < -0.39 is 10.0 Å². The largest absolute Gasteiger partial charge is 0.355 e. The highest BCUT2D eigenvalue weighted by molar-refractivity contribution is 7.92. The molecular formula is C20H22N2O3S. The SMILES string of the molecule is CNC(=O)c1ccc(S(=O)(=O)N2CC3(CCCC3)c3ccccc32)cc1. The number of nitrogens with one attached hydrogen (secondary N) is 1. The monoisotopic (exact) mass is 370 g/mol. The highest BCUT2D eigenvalue weighted by atomic mass is 32.2. The molecule has 2 aromatic carbocycles. The molecule has 1 heterocycles. The number of amides is 1. The summed E-state index contributed by atoms with van der Waals surface area (Å²) >= 11 is 0. The number of benzene rings is 2. The van der Waals surface area contributed by atoms with Crippen molar-refractivity contribution in [3.05, 3.63) is 59.7 Å². The van der Waals surface area contributed by atoms with Crippen LogP contribution in [0.2, 0.25) is 0 Å². The summed E-state index contributed by atoms with van der Waals surface area (Å²) in [7, 11) is -2.11. The predicted octanol–water partition coefficient (Wildman–Crippen LogP) is 3.07. The maximum atomic E-state index is 13.3. The highest BCUT2D eigenvalue weighted by Crippen LogP contribution is 2.51. The fourth-order valence-corrected chi connectivity index (χ4v) is 5.90. The molecule has 6 heteroatoms. The molecule has 1 N–H and O–H groups in total. The minimum Gasteiger partial charge on any atom is -0.355 e. The molecule has 0 aromatic heterocycles. The summed E-state index contributed by atoms with van der Waals surface area (Å²) in [6, 6.07) is 14.0. The van der Waals surface area contributed by atoms with Crippen LogP contribution in [-0.4, -0.2) is 27.9 Å². The Labute approximate surface area is 154 Å². The van der Waals surface area contributed by atoms with Crippen molar-refractivity contribution >= 4 is 21.6 Å². The summed E-state index contributed by atoms with van der Waals surface area (Å²) in [5.74, 6) is -0.231. The van der Waals surface area contributed by atoms with Crippen LogP contribution in [0.3, 0.4) is 0 Å². The van der Waals surface area contributed by atoms with E-state index in [-0.39, 0.29) is 16.2 Å². The smallest absolute Gasteiger partial charge is 0.264 e. The molecule has 1 aliphatic heterocycles. The molecule has 1 aliphatic carbocycles. The van der Waals surface area contributed by atoms with Crippen LogP contribution in [0.4, 0.5) is 5.69 Å². The van der Waals surface area contributed by atoms with Gasteiger partial charge in [-0.15, -0.1) is 0 Å². The van der Waals surface area contributed by atoms with Crippen molar-refractivity contribution in [2.24, 2.45) is 0 Å². The molecule has 1 saturated carbocycles. The Morgan fingerprint density at radius 1 is 1.04 bits per heavy atom. The highest BCUT2D eigenvalue weighted by Gasteiger charge is 2.47. The van der Waals surface area contributed by atoms with Gasteiger partial charge in [0.05, 0.1) is 10.6 Å². The topological polar surface area (TPSA) is 66.5 Å². The number of para-hydroxylation sites is 1. The summed E-state index contributed by atoms with van der Waals surface area (Å²) < 4.78 is 28.2. The molecule has 0 unspecified atom stereocenters. The maximum absolute atomic E-state index is 13.3. The first-order valence-electron chi connectivity index (χ1n) is 8.92. The minimum absolute atomic E-state index is 0.0499. The molecule has 4 rings (SSSR count). The van der Waals surface area contributed by atoms with Crippen molar-refractivity contribution in [1.82, 2.24) is 5.32 Å². The van der Waals surface area contributed by atoms with E-state index in [9.17, 15) is 13.2 Å². The second kappa shape index (κ2) is 6.13. The van der Waals surface area contributed by atoms with Crippen LogP contribution in [0.1, 0.15) is 41.6 Å². The predicted molar refractivity (Wildman–Crippen MR) is 101 cm³/mol. The van der Waals surface area contributed by atoms with Gasteiger partial charge in [0.2, 0.25) is 0 Å². The Balaban J connectivity index is 1.74. The standard InChI is InChI=1S/C20H22N2O3S/c1-21-19(23)15-8-10-16(11-9-15)26(24,25)22-14-20(12-4-5-13-20)17-6-2-3-7-18(17)22/h2-3,6-11H,4-5,12-14H2,1H3,(H,21,23). The van der Waals surface area contributed by atoms with Gasteiger partial charge in [-0.3, -0.25) is 9.10 Å². The van der Waals surface area contributed by atoms with Crippen molar-refractivity contribution < 1.29 is 13.2 Å². The summed E-state index contributed by atoms with van der Waals surface area (Å²) in [4.78, 5) is 11.9. The average molecular weight is 370 g/mol. The van der Waals surface area contributed by atoms with Gasteiger partial charge in [0.15, 0.2) is 0 Å². The Morgan fingerprint density at radius 3 is 2.35 bits per heavy atom. The fourth-order valence-electron chi connectivity index (χ4n) is 4.33. The molecule has 2 aromatic rings. The zero-order valence-corrected chi connectivity index (χ0v) is 15.6. The molecule has 136 valence electrons. The van der Waals surface area contributed by atoms with Gasteiger partial charge < -0.3 is 5.32 Å². The summed E-state index contributed by atoms with van der Waals surface area (Å²) in [5, 5.41) is 2.54. The maximum Gasteiger partial charge on any atom is 0.264 e. The van der Waals surface area contributed by atoms with Crippen LogP contribution in [0.5, 0.6) is 0 Å². The third-order valence-corrected chi connectivity index (χ3v) is 7.46. The number of sulfonamides is 1. The number of hydrogen-bond acceptors (Lipinski definition) is 3. The van der Waals surface area contributed by atoms with E-state index >= 15 is 0 Å². The second-order valence-corrected chi connectivity index (χ2v) is 8.98. The first kappa shape index (κ1) is 17.1. The van der Waals surface area contributed by atoms with Crippen molar-refractivity contribution in [2.45, 2.75) is 36.0 Å². The quantitative estimate of drug-likeness (QED) is 0.903. The Kier molecular flexibility index (Phi) is 4.03. The van der Waals surface area contributed by atoms with Crippen molar-refractivity contribution in [3.63, 3.8) is 0 Å². The number of fused-ring (bicyclic) bond motifs is 2. The fraction of sp³-hybridized carbons (Fsp3) is 0.350. The number of carbonyl (C=O) groups is 1. The zero-order valence-electron chi connectivity index (χ0n) is 14.7. The number of hydrogen-bond donors (Lipinski definition) is 1. The molecule has 0 saturated heterocycles. The summed E-state index contributed by atoms with van der Waals surface area (Å²) in [6.45, 7) is 0.506. The Morgan fingerprint density at radius 2 is 1.69 bits per heavy atom. The summed E-state index contributed by atoms with van der Waals surface area (Å²) in [6.07, 6.45) is 4.35. The molecule has 0 radical (unpaired) electrons. The third kappa shape index (κ3) is 2.51. The van der Waals surface area contributed by atoms with E-state index in [1.807, 2.05) is 18.2 Å². The molecule has 1 amide bonds. The number of nitrogens with zero attached hydrogens (tertiary/aromatic N) is 1. The van der Waals surface area contributed by atoms with E-state index in [1.54, 1.807) is 23.5 Å². The van der Waals surface area contributed by atoms with Crippen LogP contribution in [-0.2, 0) is 15.4 Å². The van der Waals surface area contributed by atoms with Gasteiger partial charge in [-0.05, 0) is 48.7 Å². The van der Waals surface area contributed by atoms with E-state index in [4.69, 9.17) is 0 Å². The second-order valence-electron chi connectivity index (χ2n) is 7.12. The Bertz CT molecular complexity index is 945. The summed E-state index contributed by atoms with van der Waals surface area (Å²) in [5.41, 5.74) is 2.35. The molecular weight excluding hydrogens is 348 g/mol. The van der Waals surface area contributed by atoms with E-state index in [0.29, 0.717) is 12.1 Å². The minimum atomic E-state index is -3.66. The first-order chi connectivity index (χ1) is 12.5. The van der Waals surface area contributed by atoms with Gasteiger partial charge in [0.25, 0.3) is 15.9 Å². The lowest BCUT2D eigenvalue weighted by molar-refractivity contribution is 0.0963. The Hall–Kier alpha value is -2.34. The normalized spacial score (nSPS) is 18.1. The molecule has 5 nitrogen and oxygen atoms in total. The number of anilines is 1. The van der Waals surface area contributed by atoms with E-state index in [2.05, 4.69) is 11.4 Å². The van der Waals surface area contributed by atoms with Crippen molar-refractivity contribution in [2.75, 3.05) is 17.9 Å². The lowest BCUT2D eigenvalue weighted by Gasteiger charge is -2.25. The van der Waals surface area contributed by atoms with Crippen LogP contribution in [0.25, 0.3) is 0 Å². The number of carbonyl (C=O) groups excluding carboxylic acids is 1. The van der Waals surface area contributed by atoms with Crippen LogP contribution >= 0.6 is 0 Å². The van der Waals surface area contributed by atoms with Crippen LogP contribution in [0.15, 0.2) is 53.4 Å². The molecule has 0 bridgehead atoms. The van der Waals surface area contributed by atoms with Crippen molar-refractivity contribution in [3.8, 4) is 0 Å². The van der Waals surface area contributed by atoms with Gasteiger partial charge >= 0.3 is 0 Å². The average Bonchev–Trinajstić information content (AvgIpc) is 3.28. The van der Waals surface area contributed by atoms with Gasteiger partial charge in [-0.25, -0.2) is 8.42 Å². The van der Waals surface area contributed by atoms with E-state index in [1.165, 1.54) is 12.1 Å². The van der Waals surface area contributed by atoms with Gasteiger partial charge in [-0.2, -0.15) is 0 Å². The van der Waals surface area contributed by atoms with Crippen LogP contribution in [0, 0.1) is 0 Å². The molecule has 1 spiro atoms. The van der Waals surface area contributed by atoms with Crippen LogP contribution < -0.4 is 9.62 Å². The zero-order chi connectivity index (χ0) is 18.4. The third-order valence-electron chi connectivity index (χ3n) is 5.68. The first-order valence-corrected chi connectivity index (χ1v) is 10.4.